The summed E-state index contributed by atoms with van der Waals surface area (Å²) in [6.07, 6.45) is 0.865. The largest absolute Gasteiger partial charge is 0.497 e. The Hall–Kier alpha value is -2.77. The molecule has 3 amide bonds. The van der Waals surface area contributed by atoms with Gasteiger partial charge in [-0.2, -0.15) is 0 Å². The van der Waals surface area contributed by atoms with Crippen LogP contribution in [0.4, 0.5) is 4.79 Å². The molecular formula is C21H31N3O5. The number of methoxy groups -OCH3 is 1. The molecule has 29 heavy (non-hydrogen) atoms. The molecule has 2 rings (SSSR count). The molecule has 0 aliphatic carbocycles. The van der Waals surface area contributed by atoms with E-state index in [2.05, 4.69) is 10.6 Å². The molecule has 2 N–H and O–H groups in total. The zero-order chi connectivity index (χ0) is 21.4. The molecule has 0 saturated carbocycles. The number of piperidine rings is 1. The van der Waals surface area contributed by atoms with E-state index in [4.69, 9.17) is 9.47 Å². The first-order valence-corrected chi connectivity index (χ1v) is 9.87. The van der Waals surface area contributed by atoms with Gasteiger partial charge in [-0.05, 0) is 57.9 Å². The summed E-state index contributed by atoms with van der Waals surface area (Å²) in [4.78, 5) is 38.1. The van der Waals surface area contributed by atoms with Gasteiger partial charge in [0.15, 0.2) is 0 Å². The Morgan fingerprint density at radius 3 is 2.17 bits per heavy atom. The van der Waals surface area contributed by atoms with Gasteiger partial charge in [0.05, 0.1) is 7.11 Å². The molecule has 0 radical (unpaired) electrons. The van der Waals surface area contributed by atoms with Crippen LogP contribution in [0.25, 0.3) is 0 Å². The van der Waals surface area contributed by atoms with Crippen LogP contribution < -0.4 is 15.4 Å². The van der Waals surface area contributed by atoms with Crippen LogP contribution in [-0.2, 0) is 9.53 Å². The lowest BCUT2D eigenvalue weighted by Gasteiger charge is -2.32. The third-order valence-electron chi connectivity index (χ3n) is 4.58. The molecule has 1 fully saturated rings. The molecule has 8 nitrogen and oxygen atoms in total. The van der Waals surface area contributed by atoms with Crippen molar-refractivity contribution in [1.29, 1.82) is 0 Å². The Balaban J connectivity index is 1.66. The second-order valence-electron chi connectivity index (χ2n) is 8.02. The quantitative estimate of drug-likeness (QED) is 0.707. The lowest BCUT2D eigenvalue weighted by molar-refractivity contribution is -0.126. The molecule has 1 aromatic rings. The fourth-order valence-corrected chi connectivity index (χ4v) is 3.00. The molecule has 1 aromatic carbocycles. The second-order valence-corrected chi connectivity index (χ2v) is 8.02. The van der Waals surface area contributed by atoms with Crippen LogP contribution in [0.5, 0.6) is 5.75 Å². The van der Waals surface area contributed by atoms with Crippen molar-refractivity contribution in [3.05, 3.63) is 29.8 Å². The van der Waals surface area contributed by atoms with Crippen LogP contribution in [0.1, 0.15) is 44.0 Å². The van der Waals surface area contributed by atoms with E-state index in [0.29, 0.717) is 50.3 Å². The van der Waals surface area contributed by atoms with E-state index >= 15 is 0 Å². The third-order valence-corrected chi connectivity index (χ3v) is 4.58. The third kappa shape index (κ3) is 7.29. The summed E-state index contributed by atoms with van der Waals surface area (Å²) < 4.78 is 10.4. The number of carbonyl (C=O) groups excluding carboxylic acids is 3. The fourth-order valence-electron chi connectivity index (χ4n) is 3.00. The predicted octanol–water partition coefficient (Wildman–Crippen LogP) is 2.19. The van der Waals surface area contributed by atoms with E-state index in [1.165, 1.54) is 0 Å². The smallest absolute Gasteiger partial charge is 0.410 e. The normalized spacial score (nSPS) is 14.8. The number of amides is 3. The highest BCUT2D eigenvalue weighted by atomic mass is 16.6. The van der Waals surface area contributed by atoms with Crippen molar-refractivity contribution in [2.45, 2.75) is 39.2 Å². The highest BCUT2D eigenvalue weighted by molar-refractivity contribution is 5.94. The lowest BCUT2D eigenvalue weighted by atomic mass is 9.96. The van der Waals surface area contributed by atoms with E-state index in [1.54, 1.807) is 36.3 Å². The Morgan fingerprint density at radius 1 is 1.03 bits per heavy atom. The summed E-state index contributed by atoms with van der Waals surface area (Å²) in [5.41, 5.74) is 0.00770. The van der Waals surface area contributed by atoms with Crippen molar-refractivity contribution in [3.63, 3.8) is 0 Å². The van der Waals surface area contributed by atoms with Crippen LogP contribution in [0, 0.1) is 5.92 Å². The van der Waals surface area contributed by atoms with Crippen molar-refractivity contribution in [2.75, 3.05) is 33.3 Å². The average Bonchev–Trinajstić information content (AvgIpc) is 2.69. The predicted molar refractivity (Wildman–Crippen MR) is 109 cm³/mol. The number of benzene rings is 1. The second kappa shape index (κ2) is 10.1. The number of nitrogens with one attached hydrogen (secondary N) is 2. The summed E-state index contributed by atoms with van der Waals surface area (Å²) in [5, 5.41) is 5.63. The maximum absolute atomic E-state index is 12.3. The monoisotopic (exact) mass is 405 g/mol. The first-order valence-electron chi connectivity index (χ1n) is 9.87. The average molecular weight is 405 g/mol. The van der Waals surface area contributed by atoms with Gasteiger partial charge in [-0.25, -0.2) is 4.79 Å². The van der Waals surface area contributed by atoms with E-state index in [0.717, 1.165) is 0 Å². The Morgan fingerprint density at radius 2 is 1.62 bits per heavy atom. The minimum Gasteiger partial charge on any atom is -0.497 e. The van der Waals surface area contributed by atoms with Crippen molar-refractivity contribution < 1.29 is 23.9 Å². The summed E-state index contributed by atoms with van der Waals surface area (Å²) in [7, 11) is 1.57. The zero-order valence-electron chi connectivity index (χ0n) is 17.6. The van der Waals surface area contributed by atoms with Gasteiger partial charge in [-0.15, -0.1) is 0 Å². The Kier molecular flexibility index (Phi) is 7.87. The van der Waals surface area contributed by atoms with Gasteiger partial charge in [0, 0.05) is 37.7 Å². The summed E-state index contributed by atoms with van der Waals surface area (Å²) in [6, 6.07) is 6.82. The van der Waals surface area contributed by atoms with Gasteiger partial charge in [-0.3, -0.25) is 9.59 Å². The minimum absolute atomic E-state index is 0.0486. The molecule has 160 valence electrons. The van der Waals surface area contributed by atoms with Crippen LogP contribution in [0.2, 0.25) is 0 Å². The molecule has 1 heterocycles. The maximum atomic E-state index is 12.3. The minimum atomic E-state index is -0.526. The molecule has 0 bridgehead atoms. The van der Waals surface area contributed by atoms with Crippen LogP contribution in [-0.4, -0.2) is 61.7 Å². The first-order chi connectivity index (χ1) is 13.7. The lowest BCUT2D eigenvalue weighted by Crippen LogP contribution is -2.45. The molecule has 1 aliphatic heterocycles. The number of rotatable bonds is 6. The number of carbonyl (C=O) groups is 3. The fraction of sp³-hybridized carbons (Fsp3) is 0.571. The molecule has 1 saturated heterocycles. The highest BCUT2D eigenvalue weighted by Gasteiger charge is 2.29. The van der Waals surface area contributed by atoms with Crippen LogP contribution >= 0.6 is 0 Å². The molecule has 0 atom stereocenters. The molecule has 1 aliphatic rings. The number of ether oxygens (including phenoxy) is 2. The van der Waals surface area contributed by atoms with E-state index in [-0.39, 0.29) is 23.8 Å². The molecule has 8 heteroatoms. The van der Waals surface area contributed by atoms with Gasteiger partial charge in [-0.1, -0.05) is 0 Å². The summed E-state index contributed by atoms with van der Waals surface area (Å²) in [5.74, 6) is 0.303. The SMILES string of the molecule is COc1ccc(C(=O)NCCNC(=O)C2CCN(C(=O)OC(C)(C)C)CC2)cc1. The van der Waals surface area contributed by atoms with Crippen molar-refractivity contribution >= 4 is 17.9 Å². The van der Waals surface area contributed by atoms with E-state index in [9.17, 15) is 14.4 Å². The van der Waals surface area contributed by atoms with Gasteiger partial charge in [0.25, 0.3) is 5.91 Å². The number of nitrogens with zero attached hydrogens (tertiary/aromatic N) is 1. The number of hydrogen-bond donors (Lipinski definition) is 2. The molecular weight excluding hydrogens is 374 g/mol. The Bertz CT molecular complexity index is 704. The van der Waals surface area contributed by atoms with Crippen molar-refractivity contribution in [1.82, 2.24) is 15.5 Å². The standard InChI is InChI=1S/C21H31N3O5/c1-21(2,3)29-20(27)24-13-9-16(10-14-24)19(26)23-12-11-22-18(25)15-5-7-17(28-4)8-6-15/h5-8,16H,9-14H2,1-4H3,(H,22,25)(H,23,26). The summed E-state index contributed by atoms with van der Waals surface area (Å²) >= 11 is 0. The first kappa shape index (κ1) is 22.5. The molecule has 0 aromatic heterocycles. The van der Waals surface area contributed by atoms with E-state index in [1.807, 2.05) is 20.8 Å². The van der Waals surface area contributed by atoms with Gasteiger partial charge >= 0.3 is 6.09 Å². The van der Waals surface area contributed by atoms with Gasteiger partial charge in [0.2, 0.25) is 5.91 Å². The van der Waals surface area contributed by atoms with Gasteiger partial charge < -0.3 is 25.0 Å². The summed E-state index contributed by atoms with van der Waals surface area (Å²) in [6.45, 7) is 7.19. The maximum Gasteiger partial charge on any atom is 0.410 e. The van der Waals surface area contributed by atoms with Crippen molar-refractivity contribution in [2.24, 2.45) is 5.92 Å². The molecule has 0 unspecified atom stereocenters. The number of hydrogen-bond acceptors (Lipinski definition) is 5. The van der Waals surface area contributed by atoms with Crippen LogP contribution in [0.15, 0.2) is 24.3 Å². The highest BCUT2D eigenvalue weighted by Crippen LogP contribution is 2.19. The van der Waals surface area contributed by atoms with E-state index < -0.39 is 5.60 Å². The van der Waals surface area contributed by atoms with Crippen molar-refractivity contribution in [3.8, 4) is 5.75 Å². The Labute approximate surface area is 171 Å². The zero-order valence-corrected chi connectivity index (χ0v) is 17.6. The van der Waals surface area contributed by atoms with Crippen LogP contribution in [0.3, 0.4) is 0 Å². The molecule has 0 spiro atoms. The van der Waals surface area contributed by atoms with Gasteiger partial charge in [0.1, 0.15) is 11.4 Å². The number of likely N-dealkylation sites (tertiary alicyclic amines) is 1. The topological polar surface area (TPSA) is 97.0 Å².